The smallest absolute Gasteiger partial charge is 0.251 e. The Labute approximate surface area is 91.4 Å². The summed E-state index contributed by atoms with van der Waals surface area (Å²) in [4.78, 5) is 11.6. The third-order valence-corrected chi connectivity index (χ3v) is 2.45. The molecule has 0 bridgehead atoms. The van der Waals surface area contributed by atoms with E-state index in [1.54, 1.807) is 0 Å². The number of rotatable bonds is 2. The van der Waals surface area contributed by atoms with Gasteiger partial charge in [-0.15, -0.1) is 0 Å². The van der Waals surface area contributed by atoms with Crippen molar-refractivity contribution >= 4 is 5.91 Å². The highest BCUT2D eigenvalue weighted by atomic mass is 19.2. The van der Waals surface area contributed by atoms with Crippen molar-refractivity contribution in [3.63, 3.8) is 0 Å². The van der Waals surface area contributed by atoms with Crippen LogP contribution in [0, 0.1) is 11.6 Å². The van der Waals surface area contributed by atoms with E-state index in [0.29, 0.717) is 13.2 Å². The Kier molecular flexibility index (Phi) is 3.14. The lowest BCUT2D eigenvalue weighted by Gasteiger charge is -2.10. The average molecular weight is 227 g/mol. The fourth-order valence-electron chi connectivity index (χ4n) is 1.55. The molecule has 1 aliphatic heterocycles. The van der Waals surface area contributed by atoms with E-state index in [4.69, 9.17) is 4.74 Å². The third kappa shape index (κ3) is 2.36. The molecule has 2 rings (SSSR count). The predicted octanol–water partition coefficient (Wildman–Crippen LogP) is 1.48. The van der Waals surface area contributed by atoms with Crippen molar-refractivity contribution in [1.82, 2.24) is 5.32 Å². The first-order chi connectivity index (χ1) is 7.66. The van der Waals surface area contributed by atoms with Crippen LogP contribution in [-0.2, 0) is 4.74 Å². The van der Waals surface area contributed by atoms with Gasteiger partial charge in [0.15, 0.2) is 11.6 Å². The van der Waals surface area contributed by atoms with Crippen LogP contribution in [0.5, 0.6) is 0 Å². The highest BCUT2D eigenvalue weighted by molar-refractivity contribution is 5.94. The summed E-state index contributed by atoms with van der Waals surface area (Å²) in [6, 6.07) is 3.04. The fraction of sp³-hybridized carbons (Fsp3) is 0.364. The number of nitrogens with one attached hydrogen (secondary N) is 1. The van der Waals surface area contributed by atoms with Gasteiger partial charge < -0.3 is 10.1 Å². The first-order valence-electron chi connectivity index (χ1n) is 5.00. The fourth-order valence-corrected chi connectivity index (χ4v) is 1.55. The lowest BCUT2D eigenvalue weighted by molar-refractivity contribution is 0.0929. The summed E-state index contributed by atoms with van der Waals surface area (Å²) in [5, 5.41) is 2.69. The molecule has 1 aliphatic rings. The molecule has 1 heterocycles. The van der Waals surface area contributed by atoms with Gasteiger partial charge >= 0.3 is 0 Å². The normalized spacial score (nSPS) is 19.8. The van der Waals surface area contributed by atoms with E-state index in [0.717, 1.165) is 18.6 Å². The van der Waals surface area contributed by atoms with Gasteiger partial charge in [0.2, 0.25) is 0 Å². The topological polar surface area (TPSA) is 38.3 Å². The summed E-state index contributed by atoms with van der Waals surface area (Å²) in [6.45, 7) is 1.08. The van der Waals surface area contributed by atoms with Crippen LogP contribution in [0.1, 0.15) is 16.8 Å². The number of halogens is 2. The number of carbonyl (C=O) groups is 1. The second kappa shape index (κ2) is 4.57. The van der Waals surface area contributed by atoms with Crippen LogP contribution in [-0.4, -0.2) is 25.2 Å². The van der Waals surface area contributed by atoms with E-state index in [-0.39, 0.29) is 11.6 Å². The Morgan fingerprint density at radius 1 is 1.38 bits per heavy atom. The van der Waals surface area contributed by atoms with E-state index < -0.39 is 17.5 Å². The largest absolute Gasteiger partial charge is 0.379 e. The van der Waals surface area contributed by atoms with Gasteiger partial charge in [-0.3, -0.25) is 4.79 Å². The highest BCUT2D eigenvalue weighted by Gasteiger charge is 2.19. The zero-order valence-corrected chi connectivity index (χ0v) is 8.50. The van der Waals surface area contributed by atoms with Crippen molar-refractivity contribution in [1.29, 1.82) is 0 Å². The van der Waals surface area contributed by atoms with Crippen molar-refractivity contribution in [2.45, 2.75) is 12.5 Å². The molecule has 5 heteroatoms. The molecule has 1 aromatic rings. The average Bonchev–Trinajstić information content (AvgIpc) is 2.74. The van der Waals surface area contributed by atoms with E-state index in [1.165, 1.54) is 6.07 Å². The van der Waals surface area contributed by atoms with E-state index >= 15 is 0 Å². The standard InChI is InChI=1S/C11H11F2NO2/c12-9-2-1-7(5-10(9)13)11(15)14-8-3-4-16-6-8/h1-2,5,8H,3-4,6H2,(H,14,15). The van der Waals surface area contributed by atoms with Crippen LogP contribution in [0.25, 0.3) is 0 Å². The van der Waals surface area contributed by atoms with Crippen LogP contribution in [0.2, 0.25) is 0 Å². The minimum absolute atomic E-state index is 0.0411. The second-order valence-corrected chi connectivity index (χ2v) is 3.66. The number of amides is 1. The number of benzene rings is 1. The maximum atomic E-state index is 12.9. The van der Waals surface area contributed by atoms with E-state index in [2.05, 4.69) is 5.32 Å². The highest BCUT2D eigenvalue weighted by Crippen LogP contribution is 2.10. The molecule has 1 unspecified atom stereocenters. The molecule has 0 saturated carbocycles. The maximum Gasteiger partial charge on any atom is 0.251 e. The molecular formula is C11H11F2NO2. The maximum absolute atomic E-state index is 12.9. The molecule has 0 radical (unpaired) electrons. The first kappa shape index (κ1) is 11.0. The third-order valence-electron chi connectivity index (χ3n) is 2.45. The summed E-state index contributed by atoms with van der Waals surface area (Å²) in [5.41, 5.74) is 0.116. The monoisotopic (exact) mass is 227 g/mol. The number of hydrogen-bond donors (Lipinski definition) is 1. The minimum atomic E-state index is -1.02. The van der Waals surface area contributed by atoms with Crippen LogP contribution >= 0.6 is 0 Å². The second-order valence-electron chi connectivity index (χ2n) is 3.66. The van der Waals surface area contributed by atoms with Crippen molar-refractivity contribution in [2.75, 3.05) is 13.2 Å². The van der Waals surface area contributed by atoms with Crippen molar-refractivity contribution in [3.05, 3.63) is 35.4 Å². The molecule has 0 aromatic heterocycles. The molecule has 1 N–H and O–H groups in total. The Hall–Kier alpha value is -1.49. The lowest BCUT2D eigenvalue weighted by atomic mass is 10.2. The van der Waals surface area contributed by atoms with Gasteiger partial charge in [-0.25, -0.2) is 8.78 Å². The molecule has 86 valence electrons. The van der Waals surface area contributed by atoms with Gasteiger partial charge in [-0.05, 0) is 24.6 Å². The molecule has 0 aliphatic carbocycles. The molecule has 1 aromatic carbocycles. The van der Waals surface area contributed by atoms with Crippen molar-refractivity contribution < 1.29 is 18.3 Å². The predicted molar refractivity (Wildman–Crippen MR) is 53.0 cm³/mol. The SMILES string of the molecule is O=C(NC1CCOC1)c1ccc(F)c(F)c1. The van der Waals surface area contributed by atoms with Crippen molar-refractivity contribution in [3.8, 4) is 0 Å². The van der Waals surface area contributed by atoms with Gasteiger partial charge in [-0.1, -0.05) is 0 Å². The molecule has 16 heavy (non-hydrogen) atoms. The first-order valence-corrected chi connectivity index (χ1v) is 5.00. The molecule has 1 amide bonds. The minimum Gasteiger partial charge on any atom is -0.379 e. The summed E-state index contributed by atoms with van der Waals surface area (Å²) < 4.78 is 30.6. The molecule has 1 saturated heterocycles. The molecule has 1 atom stereocenters. The Morgan fingerprint density at radius 2 is 2.19 bits per heavy atom. The van der Waals surface area contributed by atoms with Crippen LogP contribution in [0.3, 0.4) is 0 Å². The zero-order valence-electron chi connectivity index (χ0n) is 8.50. The van der Waals surface area contributed by atoms with E-state index in [1.807, 2.05) is 0 Å². The van der Waals surface area contributed by atoms with Gasteiger partial charge in [-0.2, -0.15) is 0 Å². The molecule has 0 spiro atoms. The summed E-state index contributed by atoms with van der Waals surface area (Å²) in [7, 11) is 0. The van der Waals surface area contributed by atoms with E-state index in [9.17, 15) is 13.6 Å². The number of ether oxygens (including phenoxy) is 1. The molecule has 3 nitrogen and oxygen atoms in total. The molecule has 1 fully saturated rings. The zero-order chi connectivity index (χ0) is 11.5. The van der Waals surface area contributed by atoms with Crippen LogP contribution < -0.4 is 5.32 Å². The van der Waals surface area contributed by atoms with Gasteiger partial charge in [0.05, 0.1) is 12.6 Å². The molecular weight excluding hydrogens is 216 g/mol. The summed E-state index contributed by atoms with van der Waals surface area (Å²) in [5.74, 6) is -2.38. The lowest BCUT2D eigenvalue weighted by Crippen LogP contribution is -2.35. The summed E-state index contributed by atoms with van der Waals surface area (Å²) >= 11 is 0. The van der Waals surface area contributed by atoms with Crippen LogP contribution in [0.4, 0.5) is 8.78 Å². The van der Waals surface area contributed by atoms with Gasteiger partial charge in [0.25, 0.3) is 5.91 Å². The quantitative estimate of drug-likeness (QED) is 0.831. The Bertz CT molecular complexity index is 403. The van der Waals surface area contributed by atoms with Crippen LogP contribution in [0.15, 0.2) is 18.2 Å². The van der Waals surface area contributed by atoms with Gasteiger partial charge in [0, 0.05) is 12.2 Å². The number of hydrogen-bond acceptors (Lipinski definition) is 2. The summed E-state index contributed by atoms with van der Waals surface area (Å²) in [6.07, 6.45) is 0.745. The number of carbonyl (C=O) groups excluding carboxylic acids is 1. The Morgan fingerprint density at radius 3 is 2.81 bits per heavy atom. The Balaban J connectivity index is 2.05. The van der Waals surface area contributed by atoms with Crippen molar-refractivity contribution in [2.24, 2.45) is 0 Å². The van der Waals surface area contributed by atoms with Gasteiger partial charge in [0.1, 0.15) is 0 Å².